The third-order valence-electron chi connectivity index (χ3n) is 4.76. The van der Waals surface area contributed by atoms with Crippen LogP contribution < -0.4 is 15.5 Å². The molecule has 1 unspecified atom stereocenters. The zero-order chi connectivity index (χ0) is 19.6. The fraction of sp³-hybridized carbons (Fsp3) is 0.700. The molecule has 1 aromatic rings. The van der Waals surface area contributed by atoms with Crippen molar-refractivity contribution in [3.8, 4) is 0 Å². The zero-order valence-corrected chi connectivity index (χ0v) is 20.3. The predicted molar refractivity (Wildman–Crippen MR) is 128 cm³/mol. The summed E-state index contributed by atoms with van der Waals surface area (Å²) < 4.78 is 5.51. The molecule has 0 bridgehead atoms. The summed E-state index contributed by atoms with van der Waals surface area (Å²) in [4.78, 5) is 13.3. The number of morpholine rings is 1. The van der Waals surface area contributed by atoms with E-state index in [9.17, 15) is 0 Å². The molecule has 1 aliphatic rings. The number of guanidine groups is 1. The molecule has 160 valence electrons. The minimum Gasteiger partial charge on any atom is -0.379 e. The van der Waals surface area contributed by atoms with Crippen molar-refractivity contribution in [3.63, 3.8) is 0 Å². The van der Waals surface area contributed by atoms with Crippen molar-refractivity contribution >= 4 is 35.8 Å². The third kappa shape index (κ3) is 8.48. The van der Waals surface area contributed by atoms with E-state index >= 15 is 0 Å². The molecule has 2 heterocycles. The quantitative estimate of drug-likeness (QED) is 0.322. The van der Waals surface area contributed by atoms with Crippen LogP contribution in [0.2, 0.25) is 0 Å². The maximum absolute atomic E-state index is 5.51. The van der Waals surface area contributed by atoms with Gasteiger partial charge in [0.25, 0.3) is 0 Å². The highest BCUT2D eigenvalue weighted by Gasteiger charge is 2.22. The molecule has 0 aliphatic carbocycles. The van der Waals surface area contributed by atoms with Crippen LogP contribution >= 0.6 is 24.0 Å². The average molecular weight is 504 g/mol. The van der Waals surface area contributed by atoms with Crippen molar-refractivity contribution in [2.75, 3.05) is 58.9 Å². The molecule has 1 atom stereocenters. The number of rotatable bonds is 8. The van der Waals surface area contributed by atoms with Gasteiger partial charge in [0, 0.05) is 59.6 Å². The van der Waals surface area contributed by atoms with Gasteiger partial charge in [0.1, 0.15) is 5.82 Å². The number of anilines is 1. The summed E-state index contributed by atoms with van der Waals surface area (Å²) in [6, 6.07) is 4.62. The second kappa shape index (κ2) is 13.2. The summed E-state index contributed by atoms with van der Waals surface area (Å²) >= 11 is 0. The van der Waals surface area contributed by atoms with Gasteiger partial charge < -0.3 is 20.3 Å². The number of pyridine rings is 1. The average Bonchev–Trinajstić information content (AvgIpc) is 2.67. The number of halogens is 1. The number of nitrogens with one attached hydrogen (secondary N) is 2. The van der Waals surface area contributed by atoms with Gasteiger partial charge in [0.2, 0.25) is 0 Å². The molecule has 7 nitrogen and oxygen atoms in total. The predicted octanol–water partition coefficient (Wildman–Crippen LogP) is 2.18. The van der Waals surface area contributed by atoms with E-state index in [-0.39, 0.29) is 24.0 Å². The first kappa shape index (κ1) is 24.9. The Balaban J connectivity index is 0.00000392. The summed E-state index contributed by atoms with van der Waals surface area (Å²) in [7, 11) is 5.82. The van der Waals surface area contributed by atoms with Gasteiger partial charge in [0.05, 0.1) is 13.2 Å². The number of hydrogen-bond donors (Lipinski definition) is 2. The van der Waals surface area contributed by atoms with E-state index in [0.29, 0.717) is 12.0 Å². The molecule has 0 saturated carbocycles. The largest absolute Gasteiger partial charge is 0.379 e. The SMILES string of the molecule is CN=C(NCc1ccnc(N(C)C)c1)NCC(CC(C)C)N1CCOCC1.I. The van der Waals surface area contributed by atoms with Gasteiger partial charge in [-0.2, -0.15) is 0 Å². The maximum Gasteiger partial charge on any atom is 0.191 e. The van der Waals surface area contributed by atoms with E-state index in [1.807, 2.05) is 38.3 Å². The van der Waals surface area contributed by atoms with Crippen molar-refractivity contribution in [3.05, 3.63) is 23.9 Å². The number of ether oxygens (including phenoxy) is 1. The molecular weight excluding hydrogens is 467 g/mol. The number of aromatic nitrogens is 1. The molecule has 28 heavy (non-hydrogen) atoms. The zero-order valence-electron chi connectivity index (χ0n) is 17.9. The monoisotopic (exact) mass is 504 g/mol. The standard InChI is InChI=1S/C20H36N6O.HI/c1-16(2)12-18(26-8-10-27-11-9-26)15-24-20(21-3)23-14-17-6-7-22-19(13-17)25(4)5;/h6-7,13,16,18H,8-12,14-15H2,1-5H3,(H2,21,23,24);1H. The molecule has 2 rings (SSSR count). The van der Waals surface area contributed by atoms with Crippen LogP contribution in [-0.4, -0.2) is 75.9 Å². The summed E-state index contributed by atoms with van der Waals surface area (Å²) in [6.07, 6.45) is 3.01. The van der Waals surface area contributed by atoms with Crippen molar-refractivity contribution in [2.24, 2.45) is 10.9 Å². The Bertz CT molecular complexity index is 590. The molecular formula is C20H37IN6O. The van der Waals surface area contributed by atoms with E-state index in [1.54, 1.807) is 0 Å². The molecule has 1 saturated heterocycles. The third-order valence-corrected chi connectivity index (χ3v) is 4.76. The first-order valence-corrected chi connectivity index (χ1v) is 9.88. The van der Waals surface area contributed by atoms with E-state index < -0.39 is 0 Å². The Morgan fingerprint density at radius 1 is 1.29 bits per heavy atom. The molecule has 1 aromatic heterocycles. The molecule has 1 fully saturated rings. The minimum atomic E-state index is 0. The van der Waals surface area contributed by atoms with Crippen molar-refractivity contribution in [1.82, 2.24) is 20.5 Å². The van der Waals surface area contributed by atoms with Crippen LogP contribution in [0.4, 0.5) is 5.82 Å². The van der Waals surface area contributed by atoms with Gasteiger partial charge in [-0.15, -0.1) is 24.0 Å². The smallest absolute Gasteiger partial charge is 0.191 e. The van der Waals surface area contributed by atoms with E-state index in [0.717, 1.165) is 51.2 Å². The molecule has 0 spiro atoms. The second-order valence-corrected chi connectivity index (χ2v) is 7.66. The first-order valence-electron chi connectivity index (χ1n) is 9.88. The Morgan fingerprint density at radius 2 is 2.00 bits per heavy atom. The second-order valence-electron chi connectivity index (χ2n) is 7.66. The highest BCUT2D eigenvalue weighted by atomic mass is 127. The maximum atomic E-state index is 5.51. The summed E-state index contributed by atoms with van der Waals surface area (Å²) in [5, 5.41) is 6.92. The molecule has 0 radical (unpaired) electrons. The lowest BCUT2D eigenvalue weighted by atomic mass is 10.0. The van der Waals surface area contributed by atoms with Gasteiger partial charge >= 0.3 is 0 Å². The first-order chi connectivity index (χ1) is 13.0. The van der Waals surface area contributed by atoms with Crippen LogP contribution in [0.25, 0.3) is 0 Å². The molecule has 8 heteroatoms. The van der Waals surface area contributed by atoms with E-state index in [2.05, 4.69) is 45.4 Å². The lowest BCUT2D eigenvalue weighted by molar-refractivity contribution is 0.0132. The van der Waals surface area contributed by atoms with Crippen LogP contribution in [0.1, 0.15) is 25.8 Å². The highest BCUT2D eigenvalue weighted by Crippen LogP contribution is 2.13. The Morgan fingerprint density at radius 3 is 2.61 bits per heavy atom. The normalized spacial score (nSPS) is 16.4. The lowest BCUT2D eigenvalue weighted by Gasteiger charge is -2.35. The van der Waals surface area contributed by atoms with Gasteiger partial charge in [0.15, 0.2) is 5.96 Å². The minimum absolute atomic E-state index is 0. The summed E-state index contributed by atoms with van der Waals surface area (Å²) in [6.45, 7) is 9.85. The Labute approximate surface area is 187 Å². The van der Waals surface area contributed by atoms with Gasteiger partial charge in [-0.3, -0.25) is 9.89 Å². The summed E-state index contributed by atoms with van der Waals surface area (Å²) in [5.74, 6) is 2.46. The van der Waals surface area contributed by atoms with Crippen molar-refractivity contribution in [1.29, 1.82) is 0 Å². The highest BCUT2D eigenvalue weighted by molar-refractivity contribution is 14.0. The molecule has 0 amide bonds. The number of hydrogen-bond acceptors (Lipinski definition) is 5. The van der Waals surface area contributed by atoms with Crippen LogP contribution in [0.15, 0.2) is 23.3 Å². The van der Waals surface area contributed by atoms with Gasteiger partial charge in [-0.1, -0.05) is 13.8 Å². The van der Waals surface area contributed by atoms with Crippen LogP contribution in [0.5, 0.6) is 0 Å². The van der Waals surface area contributed by atoms with Crippen LogP contribution in [0.3, 0.4) is 0 Å². The molecule has 1 aliphatic heterocycles. The number of nitrogens with zero attached hydrogens (tertiary/aromatic N) is 4. The molecule has 2 N–H and O–H groups in total. The van der Waals surface area contributed by atoms with Crippen LogP contribution in [0, 0.1) is 5.92 Å². The Kier molecular flexibility index (Phi) is 11.7. The van der Waals surface area contributed by atoms with Gasteiger partial charge in [-0.05, 0) is 30.0 Å². The topological polar surface area (TPSA) is 65.0 Å². The van der Waals surface area contributed by atoms with E-state index in [4.69, 9.17) is 4.74 Å². The molecule has 0 aromatic carbocycles. The number of aliphatic imine (C=N–C) groups is 1. The van der Waals surface area contributed by atoms with Crippen LogP contribution in [-0.2, 0) is 11.3 Å². The van der Waals surface area contributed by atoms with E-state index in [1.165, 1.54) is 12.0 Å². The fourth-order valence-corrected chi connectivity index (χ4v) is 3.28. The fourth-order valence-electron chi connectivity index (χ4n) is 3.28. The van der Waals surface area contributed by atoms with Crippen molar-refractivity contribution < 1.29 is 4.74 Å². The summed E-state index contributed by atoms with van der Waals surface area (Å²) in [5.41, 5.74) is 1.18. The lowest BCUT2D eigenvalue weighted by Crippen LogP contribution is -2.50. The Hall–Kier alpha value is -1.13. The van der Waals surface area contributed by atoms with Crippen molar-refractivity contribution in [2.45, 2.75) is 32.9 Å². The van der Waals surface area contributed by atoms with Gasteiger partial charge in [-0.25, -0.2) is 4.98 Å².